The highest BCUT2D eigenvalue weighted by molar-refractivity contribution is 7.99. The molecule has 0 aliphatic carbocycles. The molecule has 0 aromatic carbocycles. The SMILES string of the molecule is CC(=O)N[C@@H](CSc1ccc(-c2cccnc2)[nH]1)C(=O)O. The van der Waals surface area contributed by atoms with E-state index in [9.17, 15) is 9.59 Å². The predicted octanol–water partition coefficient (Wildman–Crippen LogP) is 1.76. The van der Waals surface area contributed by atoms with Crippen LogP contribution in [0.4, 0.5) is 0 Å². The van der Waals surface area contributed by atoms with Gasteiger partial charge in [0.05, 0.1) is 5.03 Å². The number of aliphatic carboxylic acids is 1. The molecule has 21 heavy (non-hydrogen) atoms. The summed E-state index contributed by atoms with van der Waals surface area (Å²) in [6.07, 6.45) is 3.45. The van der Waals surface area contributed by atoms with Crippen molar-refractivity contribution >= 4 is 23.6 Å². The number of aromatic nitrogens is 2. The molecule has 0 unspecified atom stereocenters. The first-order chi connectivity index (χ1) is 10.1. The molecule has 0 aliphatic rings. The third-order valence-electron chi connectivity index (χ3n) is 2.71. The Balaban J connectivity index is 1.99. The van der Waals surface area contributed by atoms with Gasteiger partial charge in [-0.3, -0.25) is 9.78 Å². The fourth-order valence-electron chi connectivity index (χ4n) is 1.74. The summed E-state index contributed by atoms with van der Waals surface area (Å²) in [6.45, 7) is 1.30. The Morgan fingerprint density at radius 3 is 2.86 bits per heavy atom. The van der Waals surface area contributed by atoms with Crippen LogP contribution in [-0.4, -0.2) is 38.7 Å². The van der Waals surface area contributed by atoms with E-state index in [4.69, 9.17) is 5.11 Å². The quantitative estimate of drug-likeness (QED) is 0.707. The van der Waals surface area contributed by atoms with Gasteiger partial charge in [-0.25, -0.2) is 4.79 Å². The largest absolute Gasteiger partial charge is 0.480 e. The van der Waals surface area contributed by atoms with Crippen molar-refractivity contribution in [1.29, 1.82) is 0 Å². The number of amides is 1. The number of H-pyrrole nitrogens is 1. The highest BCUT2D eigenvalue weighted by Gasteiger charge is 2.18. The van der Waals surface area contributed by atoms with Crippen LogP contribution in [0.25, 0.3) is 11.3 Å². The summed E-state index contributed by atoms with van der Waals surface area (Å²) >= 11 is 1.34. The topological polar surface area (TPSA) is 95.1 Å². The molecule has 2 aromatic heterocycles. The van der Waals surface area contributed by atoms with Crippen molar-refractivity contribution < 1.29 is 14.7 Å². The van der Waals surface area contributed by atoms with Crippen LogP contribution in [0.5, 0.6) is 0 Å². The van der Waals surface area contributed by atoms with E-state index in [2.05, 4.69) is 15.3 Å². The van der Waals surface area contributed by atoms with E-state index in [1.54, 1.807) is 12.4 Å². The maximum atomic E-state index is 11.0. The molecule has 1 amide bonds. The monoisotopic (exact) mass is 305 g/mol. The van der Waals surface area contributed by atoms with Crippen molar-refractivity contribution in [3.05, 3.63) is 36.7 Å². The predicted molar refractivity (Wildman–Crippen MR) is 80.0 cm³/mol. The zero-order valence-electron chi connectivity index (χ0n) is 11.4. The van der Waals surface area contributed by atoms with E-state index < -0.39 is 12.0 Å². The van der Waals surface area contributed by atoms with Crippen molar-refractivity contribution in [2.24, 2.45) is 0 Å². The first kappa shape index (κ1) is 15.1. The standard InChI is InChI=1S/C14H15N3O3S/c1-9(18)16-12(14(19)20)8-21-13-5-4-11(17-13)10-3-2-6-15-7-10/h2-7,12,17H,8H2,1H3,(H,16,18)(H,19,20)/t12-/m0/s1. The van der Waals surface area contributed by atoms with Gasteiger partial charge in [0.15, 0.2) is 0 Å². The number of hydrogen-bond donors (Lipinski definition) is 3. The molecular formula is C14H15N3O3S. The molecule has 0 fully saturated rings. The first-order valence-corrected chi connectivity index (χ1v) is 7.27. The molecule has 110 valence electrons. The molecule has 6 nitrogen and oxygen atoms in total. The molecule has 2 aromatic rings. The number of pyridine rings is 1. The molecular weight excluding hydrogens is 290 g/mol. The molecule has 0 saturated heterocycles. The lowest BCUT2D eigenvalue weighted by atomic mass is 10.2. The zero-order chi connectivity index (χ0) is 15.2. The maximum Gasteiger partial charge on any atom is 0.327 e. The molecule has 2 rings (SSSR count). The third-order valence-corrected chi connectivity index (χ3v) is 3.76. The highest BCUT2D eigenvalue weighted by Crippen LogP contribution is 2.23. The van der Waals surface area contributed by atoms with Crippen molar-refractivity contribution in [3.63, 3.8) is 0 Å². The van der Waals surface area contributed by atoms with Crippen molar-refractivity contribution in [2.75, 3.05) is 5.75 Å². The van der Waals surface area contributed by atoms with E-state index >= 15 is 0 Å². The van der Waals surface area contributed by atoms with Gasteiger partial charge < -0.3 is 15.4 Å². The minimum Gasteiger partial charge on any atom is -0.480 e. The Morgan fingerprint density at radius 1 is 1.43 bits per heavy atom. The Kier molecular flexibility index (Phi) is 4.99. The smallest absolute Gasteiger partial charge is 0.327 e. The molecule has 2 heterocycles. The minimum atomic E-state index is -1.04. The van der Waals surface area contributed by atoms with Crippen LogP contribution < -0.4 is 5.32 Å². The highest BCUT2D eigenvalue weighted by atomic mass is 32.2. The van der Waals surface area contributed by atoms with Crippen LogP contribution in [0.1, 0.15) is 6.92 Å². The summed E-state index contributed by atoms with van der Waals surface area (Å²) in [6, 6.07) is 6.66. The summed E-state index contributed by atoms with van der Waals surface area (Å²) < 4.78 is 0. The summed E-state index contributed by atoms with van der Waals surface area (Å²) in [4.78, 5) is 29.2. The van der Waals surface area contributed by atoms with Gasteiger partial charge in [0, 0.05) is 36.3 Å². The second-order valence-corrected chi connectivity index (χ2v) is 5.44. The van der Waals surface area contributed by atoms with Crippen molar-refractivity contribution in [1.82, 2.24) is 15.3 Å². The number of carbonyl (C=O) groups is 2. The van der Waals surface area contributed by atoms with Crippen LogP contribution in [0, 0.1) is 0 Å². The van der Waals surface area contributed by atoms with Gasteiger partial charge in [-0.15, -0.1) is 11.8 Å². The van der Waals surface area contributed by atoms with E-state index in [1.807, 2.05) is 24.3 Å². The normalized spacial score (nSPS) is 11.9. The minimum absolute atomic E-state index is 0.252. The number of carbonyl (C=O) groups excluding carboxylic acids is 1. The van der Waals surface area contributed by atoms with Gasteiger partial charge >= 0.3 is 5.97 Å². The average Bonchev–Trinajstić information content (AvgIpc) is 2.92. The van der Waals surface area contributed by atoms with Gasteiger partial charge in [-0.2, -0.15) is 0 Å². The first-order valence-electron chi connectivity index (χ1n) is 6.28. The molecule has 0 bridgehead atoms. The van der Waals surface area contributed by atoms with Crippen molar-refractivity contribution in [2.45, 2.75) is 18.0 Å². The lowest BCUT2D eigenvalue weighted by Crippen LogP contribution is -2.41. The second-order valence-electron chi connectivity index (χ2n) is 4.38. The zero-order valence-corrected chi connectivity index (χ0v) is 12.2. The average molecular weight is 305 g/mol. The summed E-state index contributed by atoms with van der Waals surface area (Å²) in [5.74, 6) is -1.15. The Morgan fingerprint density at radius 2 is 2.24 bits per heavy atom. The van der Waals surface area contributed by atoms with Gasteiger partial charge in [0.2, 0.25) is 5.91 Å². The van der Waals surface area contributed by atoms with Crippen LogP contribution in [0.15, 0.2) is 41.7 Å². The molecule has 0 radical (unpaired) electrons. The van der Waals surface area contributed by atoms with Gasteiger partial charge in [0.1, 0.15) is 6.04 Å². The lowest BCUT2D eigenvalue weighted by molar-refractivity contribution is -0.140. The van der Waals surface area contributed by atoms with Crippen LogP contribution in [-0.2, 0) is 9.59 Å². The molecule has 3 N–H and O–H groups in total. The van der Waals surface area contributed by atoms with Gasteiger partial charge in [-0.05, 0) is 24.3 Å². The molecule has 1 atom stereocenters. The number of nitrogens with zero attached hydrogens (tertiary/aromatic N) is 1. The number of nitrogens with one attached hydrogen (secondary N) is 2. The van der Waals surface area contributed by atoms with Crippen molar-refractivity contribution in [3.8, 4) is 11.3 Å². The van der Waals surface area contributed by atoms with E-state index in [0.29, 0.717) is 0 Å². The number of aromatic amines is 1. The van der Waals surface area contributed by atoms with Gasteiger partial charge in [0.25, 0.3) is 0 Å². The Labute approximate surface area is 126 Å². The third kappa shape index (κ3) is 4.35. The number of carboxylic acids is 1. The number of thioether (sulfide) groups is 1. The molecule has 7 heteroatoms. The van der Waals surface area contributed by atoms with E-state index in [-0.39, 0.29) is 11.7 Å². The molecule has 0 saturated carbocycles. The van der Waals surface area contributed by atoms with Crippen LogP contribution >= 0.6 is 11.8 Å². The van der Waals surface area contributed by atoms with Gasteiger partial charge in [-0.1, -0.05) is 0 Å². The van der Waals surface area contributed by atoms with Crippen LogP contribution in [0.3, 0.4) is 0 Å². The Bertz CT molecular complexity index is 627. The Hall–Kier alpha value is -2.28. The summed E-state index contributed by atoms with van der Waals surface area (Å²) in [7, 11) is 0. The molecule has 0 aliphatic heterocycles. The summed E-state index contributed by atoms with van der Waals surface area (Å²) in [5, 5.41) is 12.3. The lowest BCUT2D eigenvalue weighted by Gasteiger charge is -2.11. The number of carboxylic acid groups (broad SMARTS) is 1. The second kappa shape index (κ2) is 6.94. The molecule has 0 spiro atoms. The maximum absolute atomic E-state index is 11.0. The van der Waals surface area contributed by atoms with E-state index in [1.165, 1.54) is 18.7 Å². The van der Waals surface area contributed by atoms with Crippen LogP contribution in [0.2, 0.25) is 0 Å². The van der Waals surface area contributed by atoms with E-state index in [0.717, 1.165) is 16.3 Å². The number of hydrogen-bond acceptors (Lipinski definition) is 4. The fourth-order valence-corrected chi connectivity index (χ4v) is 2.66. The number of rotatable bonds is 6. The fraction of sp³-hybridized carbons (Fsp3) is 0.214. The summed E-state index contributed by atoms with van der Waals surface area (Å²) in [5.41, 5.74) is 1.87.